The number of unbranched alkanes of at least 4 members (excludes halogenated alkanes) is 22. The summed E-state index contributed by atoms with van der Waals surface area (Å²) in [5, 5.41) is 9.86. The zero-order valence-corrected chi connectivity index (χ0v) is 52.8. The van der Waals surface area contributed by atoms with E-state index in [-0.39, 0.29) is 25.9 Å². The van der Waals surface area contributed by atoms with Crippen LogP contribution in [0, 0.1) is 0 Å². The largest absolute Gasteiger partial charge is 0.472 e. The van der Waals surface area contributed by atoms with Gasteiger partial charge in [-0.15, -0.1) is 0 Å². The normalized spacial score (nSPS) is 14.1. The summed E-state index contributed by atoms with van der Waals surface area (Å²) in [5.74, 6) is -1.53. The number of allylic oxidation sites excluding steroid dienone is 20. The van der Waals surface area contributed by atoms with Crippen molar-refractivity contribution < 1.29 is 52.2 Å². The summed E-state index contributed by atoms with van der Waals surface area (Å²) in [5.41, 5.74) is 0. The Bertz CT molecular complexity index is 1840. The van der Waals surface area contributed by atoms with Gasteiger partial charge in [0.15, 0.2) is 6.10 Å². The van der Waals surface area contributed by atoms with E-state index in [1.807, 2.05) is 0 Å². The van der Waals surface area contributed by atoms with Crippen LogP contribution in [0.2, 0.25) is 0 Å². The fourth-order valence-electron chi connectivity index (χ4n) is 8.42. The van der Waals surface area contributed by atoms with Crippen molar-refractivity contribution in [1.82, 2.24) is 0 Å². The first-order chi connectivity index (χ1) is 40.2. The third kappa shape index (κ3) is 60.5. The van der Waals surface area contributed by atoms with Crippen LogP contribution in [0.15, 0.2) is 122 Å². The van der Waals surface area contributed by atoms with Crippen LogP contribution in [-0.2, 0) is 42.2 Å². The van der Waals surface area contributed by atoms with Gasteiger partial charge in [0, 0.05) is 19.3 Å². The average Bonchev–Trinajstić information content (AvgIpc) is 3.50. The van der Waals surface area contributed by atoms with Gasteiger partial charge in [-0.05, 0) is 135 Å². The van der Waals surface area contributed by atoms with Gasteiger partial charge in [-0.3, -0.25) is 23.4 Å². The number of hydrogen-bond acceptors (Lipinski definition) is 10. The van der Waals surface area contributed by atoms with Crippen LogP contribution < -0.4 is 0 Å². The number of aliphatic hydroxyl groups is 1. The van der Waals surface area contributed by atoms with Crippen LogP contribution >= 0.6 is 7.82 Å². The molecule has 11 nitrogen and oxygen atoms in total. The fraction of sp³-hybridized carbons (Fsp3) is 0.671. The lowest BCUT2D eigenvalue weighted by Gasteiger charge is -2.21. The minimum absolute atomic E-state index is 0.119. The molecular formula is C70H117O11P. The Morgan fingerprint density at radius 2 is 0.634 bits per heavy atom. The first kappa shape index (κ1) is 77.9. The Kier molecular flexibility index (Phi) is 59.8. The van der Waals surface area contributed by atoms with Crippen LogP contribution in [0.5, 0.6) is 0 Å². The van der Waals surface area contributed by atoms with E-state index in [0.29, 0.717) is 19.3 Å². The zero-order valence-electron chi connectivity index (χ0n) is 51.9. The van der Waals surface area contributed by atoms with E-state index in [0.717, 1.165) is 141 Å². The van der Waals surface area contributed by atoms with E-state index in [9.17, 15) is 28.9 Å². The minimum atomic E-state index is -4.78. The minimum Gasteiger partial charge on any atom is -0.462 e. The summed E-state index contributed by atoms with van der Waals surface area (Å²) in [6.07, 6.45) is 78.5. The van der Waals surface area contributed by atoms with Crippen molar-refractivity contribution in [3.05, 3.63) is 122 Å². The van der Waals surface area contributed by atoms with Gasteiger partial charge in [0.05, 0.1) is 19.8 Å². The van der Waals surface area contributed by atoms with Crippen molar-refractivity contribution in [3.8, 4) is 0 Å². The summed E-state index contributed by atoms with van der Waals surface area (Å²) in [6.45, 7) is 4.43. The van der Waals surface area contributed by atoms with E-state index in [1.165, 1.54) is 64.2 Å². The maximum atomic E-state index is 13.0. The zero-order chi connectivity index (χ0) is 59.8. The standard InChI is InChI=1S/C70H117O11P/c1-4-7-10-13-16-19-22-25-28-31-33-36-38-41-44-47-50-53-56-59-68(72)77-63-67(81-70(74)61-58-55-52-49-46-43-40-37-34-32-29-26-23-20-17-14-11-8-5-2)65-79-82(75,76)78-64-66(62-71)80-69(73)60-57-54-51-48-45-42-39-35-30-27-24-21-18-15-12-9-6-3/h8,11,16-21,25-30,33-34,36-37,43,46,66-67,71H,4-7,9-10,12-15,22-24,31-32,35,38-42,44-45,47-65H2,1-3H3,(H,75,76)/b11-8-,19-16-,20-17-,21-18-,28-25-,29-26-,30-27-,36-33-,37-34-,46-43-. The number of carbonyl (C=O) groups is 3. The first-order valence-electron chi connectivity index (χ1n) is 32.4. The summed E-state index contributed by atoms with van der Waals surface area (Å²) < 4.78 is 39.7. The molecule has 0 aromatic carbocycles. The molecule has 0 heterocycles. The molecule has 12 heteroatoms. The van der Waals surface area contributed by atoms with Crippen molar-refractivity contribution in [1.29, 1.82) is 0 Å². The van der Waals surface area contributed by atoms with Gasteiger partial charge in [-0.25, -0.2) is 4.57 Å². The van der Waals surface area contributed by atoms with Crippen molar-refractivity contribution in [2.24, 2.45) is 0 Å². The molecule has 3 atom stereocenters. The van der Waals surface area contributed by atoms with Crippen LogP contribution in [-0.4, -0.2) is 66.5 Å². The Morgan fingerprint density at radius 3 is 0.988 bits per heavy atom. The second-order valence-corrected chi connectivity index (χ2v) is 22.6. The number of aliphatic hydroxyl groups excluding tert-OH is 1. The Balaban J connectivity index is 4.80. The summed E-state index contributed by atoms with van der Waals surface area (Å²) in [6, 6.07) is 0. The molecule has 468 valence electrons. The molecule has 0 bridgehead atoms. The molecule has 0 aromatic heterocycles. The highest BCUT2D eigenvalue weighted by molar-refractivity contribution is 7.47. The van der Waals surface area contributed by atoms with Crippen LogP contribution in [0.3, 0.4) is 0 Å². The van der Waals surface area contributed by atoms with Crippen LogP contribution in [0.25, 0.3) is 0 Å². The molecule has 82 heavy (non-hydrogen) atoms. The second-order valence-electron chi connectivity index (χ2n) is 21.2. The quantitative estimate of drug-likeness (QED) is 0.0197. The van der Waals surface area contributed by atoms with Crippen LogP contribution in [0.1, 0.15) is 265 Å². The van der Waals surface area contributed by atoms with E-state index in [1.54, 1.807) is 0 Å². The molecule has 0 saturated heterocycles. The molecule has 0 rings (SSSR count). The van der Waals surface area contributed by atoms with Gasteiger partial charge in [-0.1, -0.05) is 232 Å². The number of esters is 3. The van der Waals surface area contributed by atoms with Gasteiger partial charge in [0.25, 0.3) is 0 Å². The molecule has 0 aromatic rings. The Morgan fingerprint density at radius 1 is 0.354 bits per heavy atom. The fourth-order valence-corrected chi connectivity index (χ4v) is 9.20. The molecule has 0 spiro atoms. The maximum Gasteiger partial charge on any atom is 0.472 e. The van der Waals surface area contributed by atoms with Crippen molar-refractivity contribution in [2.45, 2.75) is 277 Å². The summed E-state index contributed by atoms with van der Waals surface area (Å²) in [7, 11) is -4.78. The van der Waals surface area contributed by atoms with Crippen LogP contribution in [0.4, 0.5) is 0 Å². The molecule has 0 aliphatic rings. The summed E-state index contributed by atoms with van der Waals surface area (Å²) >= 11 is 0. The lowest BCUT2D eigenvalue weighted by Crippen LogP contribution is -2.30. The molecule has 3 unspecified atom stereocenters. The second kappa shape index (κ2) is 62.9. The lowest BCUT2D eigenvalue weighted by atomic mass is 10.1. The molecule has 0 fully saturated rings. The highest BCUT2D eigenvalue weighted by Crippen LogP contribution is 2.43. The predicted molar refractivity (Wildman–Crippen MR) is 343 cm³/mol. The van der Waals surface area contributed by atoms with Gasteiger partial charge in [0.2, 0.25) is 0 Å². The SMILES string of the molecule is CC/C=C\C/C=C\C/C=C\C/C=C\C/C=C\CCCCCC(=O)OC(COC(=O)CCCCCCCC/C=C\C/C=C\C/C=C\CCCCC)COP(=O)(O)OCC(CO)OC(=O)CCCCCCCCC/C=C\C/C=C\CCCCC. The molecule has 0 aliphatic heterocycles. The Hall–Kier alpha value is -4.12. The number of carbonyl (C=O) groups excluding carboxylic acids is 3. The molecule has 2 N–H and O–H groups in total. The average molecular weight is 1170 g/mol. The molecule has 0 amide bonds. The molecule has 0 aliphatic carbocycles. The van der Waals surface area contributed by atoms with Gasteiger partial charge in [-0.2, -0.15) is 0 Å². The third-order valence-electron chi connectivity index (χ3n) is 13.3. The van der Waals surface area contributed by atoms with Crippen molar-refractivity contribution in [2.75, 3.05) is 26.4 Å². The topological polar surface area (TPSA) is 155 Å². The van der Waals surface area contributed by atoms with Crippen molar-refractivity contribution in [3.63, 3.8) is 0 Å². The number of hydrogen-bond donors (Lipinski definition) is 2. The van der Waals surface area contributed by atoms with E-state index in [2.05, 4.69) is 142 Å². The number of phosphoric ester groups is 1. The van der Waals surface area contributed by atoms with Gasteiger partial charge < -0.3 is 24.2 Å². The number of phosphoric acid groups is 1. The van der Waals surface area contributed by atoms with E-state index >= 15 is 0 Å². The number of rotatable bonds is 59. The van der Waals surface area contributed by atoms with E-state index in [4.69, 9.17) is 23.3 Å². The smallest absolute Gasteiger partial charge is 0.462 e. The van der Waals surface area contributed by atoms with Gasteiger partial charge >= 0.3 is 25.7 Å². The highest BCUT2D eigenvalue weighted by atomic mass is 31.2. The number of ether oxygens (including phenoxy) is 3. The molecule has 0 saturated carbocycles. The molecule has 0 radical (unpaired) electrons. The lowest BCUT2D eigenvalue weighted by molar-refractivity contribution is -0.161. The van der Waals surface area contributed by atoms with Gasteiger partial charge in [0.1, 0.15) is 12.7 Å². The maximum absolute atomic E-state index is 13.0. The Labute approximate surface area is 500 Å². The van der Waals surface area contributed by atoms with E-state index < -0.39 is 57.8 Å². The molecular weight excluding hydrogens is 1050 g/mol. The first-order valence-corrected chi connectivity index (χ1v) is 33.9. The highest BCUT2D eigenvalue weighted by Gasteiger charge is 2.28. The van der Waals surface area contributed by atoms with Crippen molar-refractivity contribution >= 4 is 25.7 Å². The predicted octanol–water partition coefficient (Wildman–Crippen LogP) is 19.9. The summed E-state index contributed by atoms with van der Waals surface area (Å²) in [4.78, 5) is 48.8. The monoisotopic (exact) mass is 1160 g/mol. The third-order valence-corrected chi connectivity index (χ3v) is 14.3.